The third-order valence-corrected chi connectivity index (χ3v) is 3.91. The normalized spacial score (nSPS) is 9.70. The number of Topliss-reactive ketones (excluding diaryl/α,β-unsaturated/α-hetero) is 2. The van der Waals surface area contributed by atoms with Crippen LogP contribution >= 0.6 is 0 Å². The summed E-state index contributed by atoms with van der Waals surface area (Å²) in [5, 5.41) is 0. The summed E-state index contributed by atoms with van der Waals surface area (Å²) in [5.74, 6) is 0.0609. The molecule has 2 N–H and O–H groups in total. The maximum Gasteiger partial charge on any atom is 0.193 e. The van der Waals surface area contributed by atoms with Gasteiger partial charge in [-0.15, -0.1) is 0 Å². The van der Waals surface area contributed by atoms with Crippen LogP contribution in [0.1, 0.15) is 50.5 Å². The molecule has 0 radical (unpaired) electrons. The molecule has 0 aliphatic carbocycles. The van der Waals surface area contributed by atoms with Crippen LogP contribution in [-0.4, -0.2) is 17.3 Å². The van der Waals surface area contributed by atoms with Gasteiger partial charge in [0, 0.05) is 27.9 Å². The van der Waals surface area contributed by atoms with Crippen molar-refractivity contribution in [1.29, 1.82) is 0 Å². The standard InChI is InChI=1S/C13H11NO.C10H10O2/c14-12-8-6-11(7-9-12)13(15)10-4-2-1-3-5-10;1-7(11)9-3-5-10(6-4-9)8(2)12/h1-9H,14H2;3-6H,1-2H3. The first-order valence-corrected chi connectivity index (χ1v) is 8.45. The van der Waals surface area contributed by atoms with Crippen molar-refractivity contribution in [3.05, 3.63) is 101 Å². The summed E-state index contributed by atoms with van der Waals surface area (Å²) in [6, 6.07) is 22.8. The molecule has 3 aromatic rings. The Hall–Kier alpha value is -3.53. The van der Waals surface area contributed by atoms with Gasteiger partial charge in [0.2, 0.25) is 0 Å². The van der Waals surface area contributed by atoms with Gasteiger partial charge in [0.1, 0.15) is 0 Å². The molecule has 0 amide bonds. The topological polar surface area (TPSA) is 77.2 Å². The van der Waals surface area contributed by atoms with E-state index < -0.39 is 0 Å². The first kappa shape index (κ1) is 19.8. The molecular weight excluding hydrogens is 338 g/mol. The van der Waals surface area contributed by atoms with Crippen LogP contribution in [0.25, 0.3) is 0 Å². The summed E-state index contributed by atoms with van der Waals surface area (Å²) in [6.45, 7) is 3.01. The van der Waals surface area contributed by atoms with Crippen molar-refractivity contribution in [2.75, 3.05) is 5.73 Å². The molecule has 0 bridgehead atoms. The summed E-state index contributed by atoms with van der Waals surface area (Å²) in [6.07, 6.45) is 0. The fraction of sp³-hybridized carbons (Fsp3) is 0.0870. The van der Waals surface area contributed by atoms with Crippen LogP contribution in [0.3, 0.4) is 0 Å². The van der Waals surface area contributed by atoms with Crippen LogP contribution in [-0.2, 0) is 0 Å². The number of hydrogen-bond donors (Lipinski definition) is 1. The third-order valence-electron chi connectivity index (χ3n) is 3.91. The van der Waals surface area contributed by atoms with E-state index in [1.54, 1.807) is 60.7 Å². The number of hydrogen-bond acceptors (Lipinski definition) is 4. The van der Waals surface area contributed by atoms with E-state index >= 15 is 0 Å². The van der Waals surface area contributed by atoms with Gasteiger partial charge in [0.05, 0.1) is 0 Å². The SMILES string of the molecule is CC(=O)c1ccc(C(C)=O)cc1.Nc1ccc(C(=O)c2ccccc2)cc1. The van der Waals surface area contributed by atoms with E-state index in [1.807, 2.05) is 18.2 Å². The molecule has 0 atom stereocenters. The lowest BCUT2D eigenvalue weighted by Gasteiger charge is -2.00. The highest BCUT2D eigenvalue weighted by Crippen LogP contribution is 2.11. The Bertz CT molecular complexity index is 895. The van der Waals surface area contributed by atoms with Gasteiger partial charge in [-0.2, -0.15) is 0 Å². The zero-order valence-corrected chi connectivity index (χ0v) is 15.3. The average Bonchev–Trinajstić information content (AvgIpc) is 2.69. The van der Waals surface area contributed by atoms with Crippen LogP contribution in [0.4, 0.5) is 5.69 Å². The predicted molar refractivity (Wildman–Crippen MR) is 107 cm³/mol. The lowest BCUT2D eigenvalue weighted by molar-refractivity contribution is 0.100. The number of carbonyl (C=O) groups is 3. The molecule has 0 fully saturated rings. The summed E-state index contributed by atoms with van der Waals surface area (Å²) in [4.78, 5) is 33.6. The maximum atomic E-state index is 11.9. The highest BCUT2D eigenvalue weighted by molar-refractivity contribution is 6.09. The molecule has 0 heterocycles. The molecule has 0 saturated heterocycles. The Morgan fingerprint density at radius 1 is 0.556 bits per heavy atom. The van der Waals surface area contributed by atoms with Crippen molar-refractivity contribution in [3.63, 3.8) is 0 Å². The molecule has 27 heavy (non-hydrogen) atoms. The highest BCUT2D eigenvalue weighted by atomic mass is 16.1. The van der Waals surface area contributed by atoms with Crippen LogP contribution in [0.5, 0.6) is 0 Å². The van der Waals surface area contributed by atoms with Gasteiger partial charge in [-0.1, -0.05) is 54.6 Å². The number of carbonyl (C=O) groups excluding carboxylic acids is 3. The largest absolute Gasteiger partial charge is 0.399 e. The predicted octanol–water partition coefficient (Wildman–Crippen LogP) is 4.59. The minimum atomic E-state index is 0.0186. The van der Waals surface area contributed by atoms with Gasteiger partial charge in [0.25, 0.3) is 0 Å². The van der Waals surface area contributed by atoms with E-state index in [0.29, 0.717) is 27.9 Å². The van der Waals surface area contributed by atoms with Gasteiger partial charge < -0.3 is 5.73 Å². The van der Waals surface area contributed by atoms with Gasteiger partial charge >= 0.3 is 0 Å². The molecule has 3 rings (SSSR count). The Labute approximate surface area is 158 Å². The van der Waals surface area contributed by atoms with Gasteiger partial charge in [-0.05, 0) is 38.1 Å². The number of anilines is 1. The van der Waals surface area contributed by atoms with E-state index in [1.165, 1.54) is 13.8 Å². The first-order chi connectivity index (χ1) is 12.9. The van der Waals surface area contributed by atoms with Crippen LogP contribution < -0.4 is 5.73 Å². The molecule has 0 aromatic heterocycles. The Morgan fingerprint density at radius 3 is 1.33 bits per heavy atom. The second kappa shape index (κ2) is 9.25. The zero-order chi connectivity index (χ0) is 19.8. The molecule has 136 valence electrons. The van der Waals surface area contributed by atoms with Gasteiger partial charge in [0.15, 0.2) is 17.3 Å². The molecule has 0 unspecified atom stereocenters. The molecule has 4 heteroatoms. The zero-order valence-electron chi connectivity index (χ0n) is 15.3. The first-order valence-electron chi connectivity index (χ1n) is 8.45. The lowest BCUT2D eigenvalue weighted by Crippen LogP contribution is -2.00. The van der Waals surface area contributed by atoms with Crippen molar-refractivity contribution in [3.8, 4) is 0 Å². The summed E-state index contributed by atoms with van der Waals surface area (Å²) in [7, 11) is 0. The Kier molecular flexibility index (Phi) is 6.78. The number of ketones is 3. The van der Waals surface area contributed by atoms with E-state index in [-0.39, 0.29) is 17.3 Å². The van der Waals surface area contributed by atoms with E-state index in [9.17, 15) is 14.4 Å². The van der Waals surface area contributed by atoms with Crippen LogP contribution in [0.2, 0.25) is 0 Å². The molecule has 3 aromatic carbocycles. The van der Waals surface area contributed by atoms with Crippen LogP contribution in [0.15, 0.2) is 78.9 Å². The summed E-state index contributed by atoms with van der Waals surface area (Å²) in [5.41, 5.74) is 8.86. The van der Waals surface area contributed by atoms with Crippen molar-refractivity contribution in [2.45, 2.75) is 13.8 Å². The Morgan fingerprint density at radius 2 is 0.926 bits per heavy atom. The fourth-order valence-electron chi connectivity index (χ4n) is 2.33. The molecule has 0 aliphatic rings. The van der Waals surface area contributed by atoms with Gasteiger partial charge in [-0.25, -0.2) is 0 Å². The number of nitrogens with two attached hydrogens (primary N) is 1. The van der Waals surface area contributed by atoms with Crippen molar-refractivity contribution >= 4 is 23.0 Å². The van der Waals surface area contributed by atoms with Crippen molar-refractivity contribution in [1.82, 2.24) is 0 Å². The number of rotatable bonds is 4. The lowest BCUT2D eigenvalue weighted by atomic mass is 10.0. The minimum Gasteiger partial charge on any atom is -0.399 e. The highest BCUT2D eigenvalue weighted by Gasteiger charge is 2.07. The second-order valence-corrected chi connectivity index (χ2v) is 6.01. The van der Waals surface area contributed by atoms with E-state index in [4.69, 9.17) is 5.73 Å². The smallest absolute Gasteiger partial charge is 0.193 e. The number of benzene rings is 3. The Balaban J connectivity index is 0.000000199. The average molecular weight is 359 g/mol. The third kappa shape index (κ3) is 5.75. The molecule has 4 nitrogen and oxygen atoms in total. The molecule has 0 aliphatic heterocycles. The summed E-state index contributed by atoms with van der Waals surface area (Å²) >= 11 is 0. The maximum absolute atomic E-state index is 11.9. The number of nitrogen functional groups attached to an aromatic ring is 1. The monoisotopic (exact) mass is 359 g/mol. The van der Waals surface area contributed by atoms with E-state index in [2.05, 4.69) is 0 Å². The van der Waals surface area contributed by atoms with E-state index in [0.717, 1.165) is 0 Å². The molecule has 0 saturated carbocycles. The van der Waals surface area contributed by atoms with Gasteiger partial charge in [-0.3, -0.25) is 14.4 Å². The van der Waals surface area contributed by atoms with Crippen LogP contribution in [0, 0.1) is 0 Å². The minimum absolute atomic E-state index is 0.0186. The van der Waals surface area contributed by atoms with Crippen molar-refractivity contribution < 1.29 is 14.4 Å². The quantitative estimate of drug-likeness (QED) is 0.546. The summed E-state index contributed by atoms with van der Waals surface area (Å²) < 4.78 is 0. The van der Waals surface area contributed by atoms with Crippen molar-refractivity contribution in [2.24, 2.45) is 0 Å². The molecule has 0 spiro atoms. The second-order valence-electron chi connectivity index (χ2n) is 6.01. The molecular formula is C23H21NO3. The fourth-order valence-corrected chi connectivity index (χ4v) is 2.33.